The molecule has 0 saturated heterocycles. The molecule has 0 spiro atoms. The highest BCUT2D eigenvalue weighted by Crippen LogP contribution is 2.20. The third-order valence-electron chi connectivity index (χ3n) is 2.39. The molecule has 6 nitrogen and oxygen atoms in total. The van der Waals surface area contributed by atoms with Gasteiger partial charge in [0.1, 0.15) is 11.9 Å². The summed E-state index contributed by atoms with van der Waals surface area (Å²) in [4.78, 5) is 0. The van der Waals surface area contributed by atoms with Gasteiger partial charge in [-0.05, 0) is 25.1 Å². The van der Waals surface area contributed by atoms with Crippen LogP contribution < -0.4 is 4.72 Å². The highest BCUT2D eigenvalue weighted by molar-refractivity contribution is 8.09. The molecule has 1 aromatic rings. The second kappa shape index (κ2) is 5.14. The normalized spacial score (nSPS) is 13.6. The largest absolute Gasteiger partial charge is 0.281 e. The molecule has 19 heavy (non-hydrogen) atoms. The van der Waals surface area contributed by atoms with Crippen LogP contribution >= 0.6 is 0 Å². The van der Waals surface area contributed by atoms with E-state index in [1.54, 1.807) is 6.07 Å². The first-order chi connectivity index (χ1) is 8.58. The minimum absolute atomic E-state index is 0.167. The van der Waals surface area contributed by atoms with Crippen molar-refractivity contribution in [1.29, 1.82) is 5.26 Å². The Morgan fingerprint density at radius 3 is 2.37 bits per heavy atom. The van der Waals surface area contributed by atoms with Crippen LogP contribution in [0.5, 0.6) is 0 Å². The standard InChI is InChI=1S/C10H11FN2O4S2/c1-7(18(2,14)15)19(16,17)13-10-4-3-9(11)5-8(10)6-12/h3-5,7,13H,1-2H3. The Kier molecular flexibility index (Phi) is 4.17. The third-order valence-corrected chi connectivity index (χ3v) is 6.79. The molecule has 0 saturated carbocycles. The zero-order valence-electron chi connectivity index (χ0n) is 10.1. The Hall–Kier alpha value is -1.66. The SMILES string of the molecule is CC(S(C)(=O)=O)S(=O)(=O)Nc1ccc(F)cc1C#N. The van der Waals surface area contributed by atoms with Gasteiger partial charge in [-0.2, -0.15) is 5.26 Å². The molecular weight excluding hydrogens is 295 g/mol. The van der Waals surface area contributed by atoms with Crippen molar-refractivity contribution < 1.29 is 21.2 Å². The van der Waals surface area contributed by atoms with E-state index in [0.29, 0.717) is 0 Å². The van der Waals surface area contributed by atoms with Crippen molar-refractivity contribution >= 4 is 25.5 Å². The maximum atomic E-state index is 12.9. The van der Waals surface area contributed by atoms with Gasteiger partial charge in [0, 0.05) is 6.26 Å². The predicted molar refractivity (Wildman–Crippen MR) is 68.0 cm³/mol. The zero-order valence-corrected chi connectivity index (χ0v) is 11.7. The number of sulfone groups is 1. The highest BCUT2D eigenvalue weighted by Gasteiger charge is 2.30. The molecule has 0 aromatic heterocycles. The first-order valence-electron chi connectivity index (χ1n) is 4.98. The molecule has 0 heterocycles. The van der Waals surface area contributed by atoms with E-state index in [4.69, 9.17) is 5.26 Å². The third kappa shape index (κ3) is 3.65. The van der Waals surface area contributed by atoms with Crippen molar-refractivity contribution in [2.45, 2.75) is 11.5 Å². The van der Waals surface area contributed by atoms with Gasteiger partial charge in [-0.25, -0.2) is 21.2 Å². The van der Waals surface area contributed by atoms with Gasteiger partial charge in [-0.3, -0.25) is 4.72 Å². The number of nitriles is 1. The van der Waals surface area contributed by atoms with Gasteiger partial charge >= 0.3 is 0 Å². The van der Waals surface area contributed by atoms with Crippen molar-refractivity contribution in [3.05, 3.63) is 29.6 Å². The van der Waals surface area contributed by atoms with E-state index in [9.17, 15) is 21.2 Å². The summed E-state index contributed by atoms with van der Waals surface area (Å²) in [6.07, 6.45) is 0.784. The van der Waals surface area contributed by atoms with Gasteiger partial charge in [-0.1, -0.05) is 0 Å². The number of nitrogens with zero attached hydrogens (tertiary/aromatic N) is 1. The molecule has 1 atom stereocenters. The molecule has 1 aromatic carbocycles. The van der Waals surface area contributed by atoms with E-state index in [-0.39, 0.29) is 11.3 Å². The van der Waals surface area contributed by atoms with Gasteiger partial charge in [0.15, 0.2) is 14.4 Å². The smallest absolute Gasteiger partial charge is 0.249 e. The van der Waals surface area contributed by atoms with Gasteiger partial charge in [0.2, 0.25) is 10.0 Å². The van der Waals surface area contributed by atoms with Crippen LogP contribution in [0.3, 0.4) is 0 Å². The van der Waals surface area contributed by atoms with E-state index in [2.05, 4.69) is 0 Å². The summed E-state index contributed by atoms with van der Waals surface area (Å²) in [5.74, 6) is -0.698. The first kappa shape index (κ1) is 15.4. The van der Waals surface area contributed by atoms with Gasteiger partial charge in [-0.15, -0.1) is 0 Å². The van der Waals surface area contributed by atoms with E-state index in [1.807, 2.05) is 4.72 Å². The van der Waals surface area contributed by atoms with Gasteiger partial charge in [0.25, 0.3) is 0 Å². The summed E-state index contributed by atoms with van der Waals surface area (Å²) in [5, 5.41) is 8.77. The maximum absolute atomic E-state index is 12.9. The second-order valence-electron chi connectivity index (χ2n) is 3.85. The summed E-state index contributed by atoms with van der Waals surface area (Å²) < 4.78 is 59.3. The summed E-state index contributed by atoms with van der Waals surface area (Å²) >= 11 is 0. The molecule has 0 radical (unpaired) electrons. The van der Waals surface area contributed by atoms with Crippen molar-refractivity contribution in [1.82, 2.24) is 0 Å². The monoisotopic (exact) mass is 306 g/mol. The number of hydrogen-bond donors (Lipinski definition) is 1. The fraction of sp³-hybridized carbons (Fsp3) is 0.300. The molecule has 1 unspecified atom stereocenters. The Morgan fingerprint density at radius 2 is 1.89 bits per heavy atom. The summed E-state index contributed by atoms with van der Waals surface area (Å²) in [5.41, 5.74) is -0.399. The average molecular weight is 306 g/mol. The van der Waals surface area contributed by atoms with Crippen molar-refractivity contribution in [2.75, 3.05) is 11.0 Å². The zero-order chi connectivity index (χ0) is 14.8. The van der Waals surface area contributed by atoms with Crippen LogP contribution in [0.4, 0.5) is 10.1 Å². The molecule has 0 fully saturated rings. The fourth-order valence-corrected chi connectivity index (χ4v) is 3.80. The Morgan fingerprint density at radius 1 is 1.32 bits per heavy atom. The molecule has 0 aliphatic rings. The minimum atomic E-state index is -4.23. The number of hydrogen-bond acceptors (Lipinski definition) is 5. The number of rotatable bonds is 4. The fourth-order valence-electron chi connectivity index (χ4n) is 1.16. The molecule has 104 valence electrons. The topological polar surface area (TPSA) is 104 Å². The molecule has 0 amide bonds. The van der Waals surface area contributed by atoms with Crippen LogP contribution in [0.25, 0.3) is 0 Å². The van der Waals surface area contributed by atoms with Crippen LogP contribution in [0.15, 0.2) is 18.2 Å². The van der Waals surface area contributed by atoms with Crippen LogP contribution in [0.1, 0.15) is 12.5 Å². The van der Waals surface area contributed by atoms with E-state index in [0.717, 1.165) is 31.4 Å². The Balaban J connectivity index is 3.21. The lowest BCUT2D eigenvalue weighted by Gasteiger charge is -2.14. The van der Waals surface area contributed by atoms with Crippen LogP contribution in [0, 0.1) is 17.1 Å². The number of nitrogens with one attached hydrogen (secondary N) is 1. The van der Waals surface area contributed by atoms with Crippen LogP contribution in [-0.4, -0.2) is 27.7 Å². The van der Waals surface area contributed by atoms with Gasteiger partial charge in [0.05, 0.1) is 11.3 Å². The van der Waals surface area contributed by atoms with E-state index >= 15 is 0 Å². The highest BCUT2D eigenvalue weighted by atomic mass is 32.3. The summed E-state index contributed by atoms with van der Waals surface area (Å²) in [7, 11) is -8.04. The van der Waals surface area contributed by atoms with Crippen molar-refractivity contribution in [3.8, 4) is 6.07 Å². The number of sulfonamides is 1. The maximum Gasteiger partial charge on any atom is 0.249 e. The minimum Gasteiger partial charge on any atom is -0.281 e. The lowest BCUT2D eigenvalue weighted by atomic mass is 10.2. The lowest BCUT2D eigenvalue weighted by molar-refractivity contribution is 0.584. The van der Waals surface area contributed by atoms with Crippen LogP contribution in [-0.2, 0) is 19.9 Å². The average Bonchev–Trinajstić information content (AvgIpc) is 2.29. The quantitative estimate of drug-likeness (QED) is 0.887. The molecule has 9 heteroatoms. The van der Waals surface area contributed by atoms with Gasteiger partial charge < -0.3 is 0 Å². The molecule has 0 bridgehead atoms. The second-order valence-corrected chi connectivity index (χ2v) is 8.51. The molecule has 0 aliphatic carbocycles. The molecule has 0 aliphatic heterocycles. The van der Waals surface area contributed by atoms with E-state index in [1.165, 1.54) is 0 Å². The first-order valence-corrected chi connectivity index (χ1v) is 8.48. The predicted octanol–water partition coefficient (Wildman–Crippen LogP) is 0.830. The van der Waals surface area contributed by atoms with Crippen molar-refractivity contribution in [3.63, 3.8) is 0 Å². The molecule has 1 N–H and O–H groups in total. The molecule has 1 rings (SSSR count). The Bertz CT molecular complexity index is 735. The number of anilines is 1. The summed E-state index contributed by atoms with van der Waals surface area (Å²) in [6.45, 7) is 1.01. The Labute approximate surface area is 110 Å². The number of benzene rings is 1. The van der Waals surface area contributed by atoms with Crippen LogP contribution in [0.2, 0.25) is 0 Å². The number of halogens is 1. The van der Waals surface area contributed by atoms with Crippen molar-refractivity contribution in [2.24, 2.45) is 0 Å². The van der Waals surface area contributed by atoms with E-state index < -0.39 is 30.3 Å². The summed E-state index contributed by atoms with van der Waals surface area (Å²) in [6, 6.07) is 4.49. The molecular formula is C10H11FN2O4S2. The lowest BCUT2D eigenvalue weighted by Crippen LogP contribution is -2.31.